The fourth-order valence-electron chi connectivity index (χ4n) is 2.10. The highest BCUT2D eigenvalue weighted by Gasteiger charge is 2.19. The van der Waals surface area contributed by atoms with Crippen molar-refractivity contribution in [2.75, 3.05) is 32.7 Å². The fourth-order valence-corrected chi connectivity index (χ4v) is 2.10. The van der Waals surface area contributed by atoms with E-state index in [4.69, 9.17) is 0 Å². The predicted octanol–water partition coefficient (Wildman–Crippen LogP) is 0.689. The summed E-state index contributed by atoms with van der Waals surface area (Å²) >= 11 is 0. The van der Waals surface area contributed by atoms with Crippen LogP contribution in [0.1, 0.15) is 26.7 Å². The minimum Gasteiger partial charge on any atom is -0.392 e. The van der Waals surface area contributed by atoms with Gasteiger partial charge in [-0.05, 0) is 51.9 Å². The van der Waals surface area contributed by atoms with Crippen molar-refractivity contribution >= 4 is 0 Å². The van der Waals surface area contributed by atoms with Crippen LogP contribution in [0.25, 0.3) is 0 Å². The van der Waals surface area contributed by atoms with Crippen LogP contribution < -0.4 is 5.32 Å². The molecule has 0 aromatic heterocycles. The number of nitrogens with one attached hydrogen (secondary N) is 1. The molecule has 1 aliphatic heterocycles. The van der Waals surface area contributed by atoms with Crippen molar-refractivity contribution in [2.24, 2.45) is 5.92 Å². The maximum absolute atomic E-state index is 9.26. The maximum Gasteiger partial charge on any atom is 0.0639 e. The van der Waals surface area contributed by atoms with E-state index >= 15 is 0 Å². The molecule has 14 heavy (non-hydrogen) atoms. The van der Waals surface area contributed by atoms with Crippen LogP contribution in [-0.4, -0.2) is 48.8 Å². The molecule has 0 aliphatic carbocycles. The van der Waals surface area contributed by atoms with Crippen LogP contribution in [0.5, 0.6) is 0 Å². The van der Waals surface area contributed by atoms with Gasteiger partial charge in [0.25, 0.3) is 0 Å². The summed E-state index contributed by atoms with van der Waals surface area (Å²) in [6, 6.07) is 0. The summed E-state index contributed by atoms with van der Waals surface area (Å²) in [4.78, 5) is 2.37. The lowest BCUT2D eigenvalue weighted by Gasteiger charge is -2.32. The molecule has 0 unspecified atom stereocenters. The summed E-state index contributed by atoms with van der Waals surface area (Å²) in [7, 11) is 0. The van der Waals surface area contributed by atoms with E-state index in [2.05, 4.69) is 17.1 Å². The molecule has 0 aromatic rings. The van der Waals surface area contributed by atoms with Crippen LogP contribution in [0.3, 0.4) is 0 Å². The van der Waals surface area contributed by atoms with Crippen LogP contribution in [0.2, 0.25) is 0 Å². The maximum atomic E-state index is 9.26. The number of aliphatic hydroxyl groups is 1. The molecule has 1 rings (SSSR count). The van der Waals surface area contributed by atoms with E-state index in [9.17, 15) is 5.11 Å². The van der Waals surface area contributed by atoms with Crippen LogP contribution in [0.15, 0.2) is 0 Å². The number of aliphatic hydroxyl groups excluding tert-OH is 1. The summed E-state index contributed by atoms with van der Waals surface area (Å²) in [6.45, 7) is 9.41. The van der Waals surface area contributed by atoms with E-state index in [1.165, 1.54) is 19.4 Å². The average Bonchev–Trinajstić information content (AvgIpc) is 2.16. The number of nitrogens with zero attached hydrogens (tertiary/aromatic N) is 1. The minimum atomic E-state index is -0.180. The molecular weight excluding hydrogens is 176 g/mol. The van der Waals surface area contributed by atoms with Gasteiger partial charge in [-0.1, -0.05) is 6.92 Å². The first kappa shape index (κ1) is 12.0. The Hall–Kier alpha value is -0.120. The highest BCUT2D eigenvalue weighted by Crippen LogP contribution is 2.16. The zero-order valence-corrected chi connectivity index (χ0v) is 9.50. The van der Waals surface area contributed by atoms with Gasteiger partial charge in [0, 0.05) is 6.54 Å². The Bertz CT molecular complexity index is 142. The molecule has 84 valence electrons. The first-order chi connectivity index (χ1) is 6.72. The number of likely N-dealkylation sites (tertiary alicyclic amines) is 1. The Kier molecular flexibility index (Phi) is 5.45. The van der Waals surface area contributed by atoms with Crippen molar-refractivity contribution in [3.63, 3.8) is 0 Å². The van der Waals surface area contributed by atoms with Crippen LogP contribution in [-0.2, 0) is 0 Å². The quantitative estimate of drug-likeness (QED) is 0.685. The van der Waals surface area contributed by atoms with Crippen molar-refractivity contribution in [2.45, 2.75) is 32.8 Å². The number of β-amino-alcohol motifs (C(OH)–C–C–N with tert-alkyl or cyclic N) is 1. The van der Waals surface area contributed by atoms with Gasteiger partial charge in [-0.25, -0.2) is 0 Å². The molecule has 0 amide bonds. The van der Waals surface area contributed by atoms with Gasteiger partial charge in [0.15, 0.2) is 0 Å². The van der Waals surface area contributed by atoms with Gasteiger partial charge in [-0.3, -0.25) is 0 Å². The molecule has 1 fully saturated rings. The van der Waals surface area contributed by atoms with Gasteiger partial charge in [-0.2, -0.15) is 0 Å². The standard InChI is InChI=1S/C11H24N2O/c1-3-12-8-11-4-6-13(7-5-11)9-10(2)14/h10-12,14H,3-9H2,1-2H3/t10-/m0/s1. The molecule has 0 radical (unpaired) electrons. The smallest absolute Gasteiger partial charge is 0.0639 e. The summed E-state index contributed by atoms with van der Waals surface area (Å²) in [5.41, 5.74) is 0. The fraction of sp³-hybridized carbons (Fsp3) is 1.00. The number of hydrogen-bond acceptors (Lipinski definition) is 3. The average molecular weight is 200 g/mol. The summed E-state index contributed by atoms with van der Waals surface area (Å²) in [5.74, 6) is 0.847. The van der Waals surface area contributed by atoms with E-state index in [1.807, 2.05) is 6.92 Å². The van der Waals surface area contributed by atoms with E-state index in [1.54, 1.807) is 0 Å². The molecule has 1 aliphatic rings. The first-order valence-corrected chi connectivity index (χ1v) is 5.83. The highest BCUT2D eigenvalue weighted by atomic mass is 16.3. The first-order valence-electron chi connectivity index (χ1n) is 5.83. The Morgan fingerprint density at radius 1 is 1.43 bits per heavy atom. The SMILES string of the molecule is CCNCC1CCN(C[C@H](C)O)CC1. The summed E-state index contributed by atoms with van der Waals surface area (Å²) in [5, 5.41) is 12.7. The molecule has 1 atom stereocenters. The van der Waals surface area contributed by atoms with Gasteiger partial charge in [-0.15, -0.1) is 0 Å². The molecule has 0 saturated carbocycles. The van der Waals surface area contributed by atoms with Gasteiger partial charge in [0.05, 0.1) is 6.10 Å². The van der Waals surface area contributed by atoms with Gasteiger partial charge in [0.1, 0.15) is 0 Å². The molecule has 0 bridgehead atoms. The normalized spacial score (nSPS) is 22.5. The van der Waals surface area contributed by atoms with Crippen LogP contribution in [0.4, 0.5) is 0 Å². The largest absolute Gasteiger partial charge is 0.392 e. The van der Waals surface area contributed by atoms with E-state index < -0.39 is 0 Å². The summed E-state index contributed by atoms with van der Waals surface area (Å²) in [6.07, 6.45) is 2.37. The van der Waals surface area contributed by atoms with Gasteiger partial charge >= 0.3 is 0 Å². The lowest BCUT2D eigenvalue weighted by molar-refractivity contribution is 0.0999. The van der Waals surface area contributed by atoms with E-state index in [0.29, 0.717) is 0 Å². The Balaban J connectivity index is 2.11. The number of piperidine rings is 1. The van der Waals surface area contributed by atoms with E-state index in [0.717, 1.165) is 32.1 Å². The molecule has 1 saturated heterocycles. The molecule has 2 N–H and O–H groups in total. The van der Waals surface area contributed by atoms with Crippen LogP contribution >= 0.6 is 0 Å². The zero-order chi connectivity index (χ0) is 10.4. The van der Waals surface area contributed by atoms with E-state index in [-0.39, 0.29) is 6.10 Å². The number of rotatable bonds is 5. The molecule has 1 heterocycles. The van der Waals surface area contributed by atoms with Crippen molar-refractivity contribution in [1.29, 1.82) is 0 Å². The second kappa shape index (κ2) is 6.38. The Morgan fingerprint density at radius 3 is 2.57 bits per heavy atom. The van der Waals surface area contributed by atoms with Gasteiger partial charge in [0.2, 0.25) is 0 Å². The van der Waals surface area contributed by atoms with Crippen molar-refractivity contribution in [3.8, 4) is 0 Å². The second-order valence-corrected chi connectivity index (χ2v) is 4.40. The lowest BCUT2D eigenvalue weighted by Crippen LogP contribution is -2.40. The molecule has 0 spiro atoms. The molecule has 3 heteroatoms. The predicted molar refractivity (Wildman–Crippen MR) is 59.4 cm³/mol. The third kappa shape index (κ3) is 4.40. The molecular formula is C11H24N2O. The molecule has 3 nitrogen and oxygen atoms in total. The third-order valence-corrected chi connectivity index (χ3v) is 2.91. The van der Waals surface area contributed by atoms with Gasteiger partial charge < -0.3 is 15.3 Å². The highest BCUT2D eigenvalue weighted by molar-refractivity contribution is 4.74. The Labute approximate surface area is 87.5 Å². The minimum absolute atomic E-state index is 0.180. The summed E-state index contributed by atoms with van der Waals surface area (Å²) < 4.78 is 0. The van der Waals surface area contributed by atoms with Crippen LogP contribution in [0, 0.1) is 5.92 Å². The molecule has 0 aromatic carbocycles. The van der Waals surface area contributed by atoms with Crippen molar-refractivity contribution < 1.29 is 5.11 Å². The Morgan fingerprint density at radius 2 is 2.07 bits per heavy atom. The topological polar surface area (TPSA) is 35.5 Å². The van der Waals surface area contributed by atoms with Crippen molar-refractivity contribution in [3.05, 3.63) is 0 Å². The zero-order valence-electron chi connectivity index (χ0n) is 9.50. The van der Waals surface area contributed by atoms with Crippen molar-refractivity contribution in [1.82, 2.24) is 10.2 Å². The third-order valence-electron chi connectivity index (χ3n) is 2.91. The second-order valence-electron chi connectivity index (χ2n) is 4.40. The lowest BCUT2D eigenvalue weighted by atomic mass is 9.96. The monoisotopic (exact) mass is 200 g/mol. The number of hydrogen-bond donors (Lipinski definition) is 2.